The highest BCUT2D eigenvalue weighted by Crippen LogP contribution is 2.20. The van der Waals surface area contributed by atoms with E-state index >= 15 is 0 Å². The summed E-state index contributed by atoms with van der Waals surface area (Å²) in [6.07, 6.45) is 5.89. The molecule has 0 bridgehead atoms. The molecule has 1 fully saturated rings. The summed E-state index contributed by atoms with van der Waals surface area (Å²) in [7, 11) is 0. The number of carbonyl (C=O) groups excluding carboxylic acids is 1. The number of nitrogens with one attached hydrogen (secondary N) is 1. The number of thiazole rings is 1. The third-order valence-electron chi connectivity index (χ3n) is 4.27. The standard InChI is InChI=1S/C18H23N3OS/c22-18(20-10-9-17-19-11-13-23-17)16-8-4-5-12-21(16)14-15-6-2-1-3-7-15/h1-3,6-7,11,13,16H,4-5,8-10,12,14H2,(H,20,22). The molecule has 1 atom stereocenters. The van der Waals surface area contributed by atoms with E-state index in [4.69, 9.17) is 0 Å². The van der Waals surface area contributed by atoms with Crippen molar-refractivity contribution in [2.75, 3.05) is 13.1 Å². The third kappa shape index (κ3) is 4.62. The Kier molecular flexibility index (Phi) is 5.77. The van der Waals surface area contributed by atoms with Gasteiger partial charge in [-0.2, -0.15) is 0 Å². The minimum atomic E-state index is 0.000232. The van der Waals surface area contributed by atoms with Crippen molar-refractivity contribution in [1.29, 1.82) is 0 Å². The smallest absolute Gasteiger partial charge is 0.237 e. The maximum absolute atomic E-state index is 12.6. The van der Waals surface area contributed by atoms with Crippen LogP contribution >= 0.6 is 11.3 Å². The first kappa shape index (κ1) is 16.1. The molecule has 1 aliphatic rings. The normalized spacial score (nSPS) is 18.7. The van der Waals surface area contributed by atoms with Gasteiger partial charge in [-0.15, -0.1) is 11.3 Å². The summed E-state index contributed by atoms with van der Waals surface area (Å²) in [6.45, 7) is 2.52. The Hall–Kier alpha value is -1.72. The Labute approximate surface area is 141 Å². The van der Waals surface area contributed by atoms with E-state index in [9.17, 15) is 4.79 Å². The van der Waals surface area contributed by atoms with Crippen LogP contribution in [0.2, 0.25) is 0 Å². The Morgan fingerprint density at radius 3 is 2.96 bits per heavy atom. The summed E-state index contributed by atoms with van der Waals surface area (Å²) < 4.78 is 0. The van der Waals surface area contributed by atoms with Gasteiger partial charge in [-0.05, 0) is 24.9 Å². The molecule has 5 heteroatoms. The molecule has 23 heavy (non-hydrogen) atoms. The summed E-state index contributed by atoms with van der Waals surface area (Å²) in [4.78, 5) is 19.1. The highest BCUT2D eigenvalue weighted by atomic mass is 32.1. The molecule has 1 aliphatic heterocycles. The molecule has 0 spiro atoms. The van der Waals surface area contributed by atoms with Crippen molar-refractivity contribution in [3.63, 3.8) is 0 Å². The zero-order chi connectivity index (χ0) is 15.9. The number of hydrogen-bond donors (Lipinski definition) is 1. The van der Waals surface area contributed by atoms with Crippen LogP contribution in [0.1, 0.15) is 29.8 Å². The summed E-state index contributed by atoms with van der Waals surface area (Å²) in [5, 5.41) is 6.14. The van der Waals surface area contributed by atoms with Crippen LogP contribution in [0.4, 0.5) is 0 Å². The molecule has 0 radical (unpaired) electrons. The lowest BCUT2D eigenvalue weighted by Gasteiger charge is -2.34. The van der Waals surface area contributed by atoms with Crippen molar-refractivity contribution >= 4 is 17.2 Å². The number of piperidine rings is 1. The van der Waals surface area contributed by atoms with Gasteiger partial charge in [0.15, 0.2) is 0 Å². The third-order valence-corrected chi connectivity index (χ3v) is 5.11. The molecule has 122 valence electrons. The maximum atomic E-state index is 12.6. The lowest BCUT2D eigenvalue weighted by Crippen LogP contribution is -2.49. The molecule has 1 saturated heterocycles. The lowest BCUT2D eigenvalue weighted by atomic mass is 10.0. The Morgan fingerprint density at radius 1 is 1.30 bits per heavy atom. The fraction of sp³-hybridized carbons (Fsp3) is 0.444. The second-order valence-corrected chi connectivity index (χ2v) is 6.91. The molecule has 0 saturated carbocycles. The van der Waals surface area contributed by atoms with Crippen LogP contribution in [0.15, 0.2) is 41.9 Å². The zero-order valence-electron chi connectivity index (χ0n) is 13.3. The second-order valence-electron chi connectivity index (χ2n) is 5.93. The highest BCUT2D eigenvalue weighted by Gasteiger charge is 2.28. The van der Waals surface area contributed by atoms with Crippen molar-refractivity contribution in [2.24, 2.45) is 0 Å². The first-order chi connectivity index (χ1) is 11.3. The predicted molar refractivity (Wildman–Crippen MR) is 93.3 cm³/mol. The minimum Gasteiger partial charge on any atom is -0.354 e. The van der Waals surface area contributed by atoms with Crippen molar-refractivity contribution in [3.8, 4) is 0 Å². The monoisotopic (exact) mass is 329 g/mol. The van der Waals surface area contributed by atoms with Crippen LogP contribution in [-0.2, 0) is 17.8 Å². The molecular formula is C18H23N3OS. The SMILES string of the molecule is O=C(NCCc1nccs1)C1CCCCN1Cc1ccccc1. The lowest BCUT2D eigenvalue weighted by molar-refractivity contribution is -0.127. The van der Waals surface area contributed by atoms with Crippen LogP contribution in [0, 0.1) is 0 Å². The molecule has 1 N–H and O–H groups in total. The average molecular weight is 329 g/mol. The van der Waals surface area contributed by atoms with E-state index in [0.29, 0.717) is 6.54 Å². The summed E-state index contributed by atoms with van der Waals surface area (Å²) in [5.41, 5.74) is 1.27. The Morgan fingerprint density at radius 2 is 2.17 bits per heavy atom. The van der Waals surface area contributed by atoms with Gasteiger partial charge in [0.1, 0.15) is 0 Å². The van der Waals surface area contributed by atoms with E-state index in [-0.39, 0.29) is 11.9 Å². The van der Waals surface area contributed by atoms with Crippen molar-refractivity contribution < 1.29 is 4.79 Å². The molecule has 3 rings (SSSR count). The van der Waals surface area contributed by atoms with Gasteiger partial charge >= 0.3 is 0 Å². The molecule has 1 amide bonds. The van der Waals surface area contributed by atoms with Crippen molar-refractivity contribution in [1.82, 2.24) is 15.2 Å². The molecule has 1 aromatic carbocycles. The topological polar surface area (TPSA) is 45.2 Å². The number of hydrogen-bond acceptors (Lipinski definition) is 4. The maximum Gasteiger partial charge on any atom is 0.237 e. The first-order valence-corrected chi connectivity index (χ1v) is 9.15. The van der Waals surface area contributed by atoms with E-state index in [0.717, 1.165) is 37.4 Å². The van der Waals surface area contributed by atoms with Gasteiger partial charge in [0.05, 0.1) is 11.0 Å². The van der Waals surface area contributed by atoms with Crippen molar-refractivity contribution in [3.05, 3.63) is 52.5 Å². The fourth-order valence-corrected chi connectivity index (χ4v) is 3.70. The number of amides is 1. The number of likely N-dealkylation sites (tertiary alicyclic amines) is 1. The van der Waals surface area contributed by atoms with E-state index in [1.165, 1.54) is 12.0 Å². The van der Waals surface area contributed by atoms with Gasteiger partial charge in [0, 0.05) is 31.1 Å². The molecule has 2 aromatic rings. The Bertz CT molecular complexity index is 600. The largest absolute Gasteiger partial charge is 0.354 e. The molecule has 4 nitrogen and oxygen atoms in total. The predicted octanol–water partition coefficient (Wildman–Crippen LogP) is 2.86. The molecule has 1 unspecified atom stereocenters. The summed E-state index contributed by atoms with van der Waals surface area (Å²) in [5.74, 6) is 0.164. The first-order valence-electron chi connectivity index (χ1n) is 8.27. The number of benzene rings is 1. The zero-order valence-corrected chi connectivity index (χ0v) is 14.1. The average Bonchev–Trinajstić information content (AvgIpc) is 3.09. The Balaban J connectivity index is 1.53. The van der Waals surface area contributed by atoms with Crippen molar-refractivity contribution in [2.45, 2.75) is 38.3 Å². The van der Waals surface area contributed by atoms with E-state index < -0.39 is 0 Å². The quantitative estimate of drug-likeness (QED) is 0.886. The minimum absolute atomic E-state index is 0.000232. The van der Waals surface area contributed by atoms with E-state index in [1.807, 2.05) is 17.6 Å². The number of nitrogens with zero attached hydrogens (tertiary/aromatic N) is 2. The van der Waals surface area contributed by atoms with Gasteiger partial charge in [-0.3, -0.25) is 9.69 Å². The number of carbonyl (C=O) groups is 1. The second kappa shape index (κ2) is 8.22. The summed E-state index contributed by atoms with van der Waals surface area (Å²) in [6, 6.07) is 10.4. The number of aromatic nitrogens is 1. The van der Waals surface area contributed by atoms with Gasteiger partial charge in [-0.1, -0.05) is 36.8 Å². The van der Waals surface area contributed by atoms with Crippen LogP contribution < -0.4 is 5.32 Å². The van der Waals surface area contributed by atoms with Gasteiger partial charge in [0.25, 0.3) is 0 Å². The fourth-order valence-electron chi connectivity index (χ4n) is 3.08. The highest BCUT2D eigenvalue weighted by molar-refractivity contribution is 7.09. The number of rotatable bonds is 6. The van der Waals surface area contributed by atoms with Gasteiger partial charge < -0.3 is 5.32 Å². The molecule has 0 aliphatic carbocycles. The molecule has 1 aromatic heterocycles. The summed E-state index contributed by atoms with van der Waals surface area (Å²) >= 11 is 1.64. The van der Waals surface area contributed by atoms with Gasteiger partial charge in [0.2, 0.25) is 5.91 Å². The van der Waals surface area contributed by atoms with Crippen LogP contribution in [0.5, 0.6) is 0 Å². The molecular weight excluding hydrogens is 306 g/mol. The van der Waals surface area contributed by atoms with Crippen LogP contribution in [0.3, 0.4) is 0 Å². The molecule has 2 heterocycles. The van der Waals surface area contributed by atoms with Gasteiger partial charge in [-0.25, -0.2) is 4.98 Å². The van der Waals surface area contributed by atoms with Crippen LogP contribution in [-0.4, -0.2) is 34.9 Å². The van der Waals surface area contributed by atoms with Crippen LogP contribution in [0.25, 0.3) is 0 Å². The van der Waals surface area contributed by atoms with E-state index in [2.05, 4.69) is 39.5 Å². The van der Waals surface area contributed by atoms with E-state index in [1.54, 1.807) is 11.3 Å².